The van der Waals surface area contributed by atoms with Crippen LogP contribution in [0.15, 0.2) is 45.9 Å². The van der Waals surface area contributed by atoms with Gasteiger partial charge in [0.1, 0.15) is 11.5 Å². The van der Waals surface area contributed by atoms with Crippen LogP contribution < -0.4 is 16.4 Å². The first-order valence-electron chi connectivity index (χ1n) is 7.49. The summed E-state index contributed by atoms with van der Waals surface area (Å²) in [5.74, 6) is -0.486. The summed E-state index contributed by atoms with van der Waals surface area (Å²) < 4.78 is 0.381. The number of carbonyl (C=O) groups excluding carboxylic acids is 1. The number of rotatable bonds is 2. The molecule has 0 bridgehead atoms. The second-order valence-electron chi connectivity index (χ2n) is 5.89. The lowest BCUT2D eigenvalue weighted by atomic mass is 9.90. The first-order chi connectivity index (χ1) is 11.8. The second-order valence-corrected chi connectivity index (χ2v) is 6.74. The van der Waals surface area contributed by atoms with E-state index < -0.39 is 0 Å². The number of halogens is 1. The summed E-state index contributed by atoms with van der Waals surface area (Å²) in [7, 11) is 3.85. The lowest BCUT2D eigenvalue weighted by Gasteiger charge is -2.19. The third-order valence-electron chi connectivity index (χ3n) is 3.92. The molecular weight excluding hydrogens is 384 g/mol. The van der Waals surface area contributed by atoms with Gasteiger partial charge in [0.15, 0.2) is 0 Å². The average Bonchev–Trinajstić information content (AvgIpc) is 2.56. The number of phenolic OH excluding ortho intramolecular Hbond substituents is 1. The van der Waals surface area contributed by atoms with Crippen LogP contribution in [0.4, 0.5) is 17.1 Å². The number of nitrogens with two attached hydrogens (primary N) is 2. The van der Waals surface area contributed by atoms with E-state index in [4.69, 9.17) is 11.5 Å². The molecule has 0 heterocycles. The van der Waals surface area contributed by atoms with Crippen molar-refractivity contribution in [2.45, 2.75) is 0 Å². The Kier molecular flexibility index (Phi) is 4.26. The second kappa shape index (κ2) is 6.25. The fourth-order valence-electron chi connectivity index (χ4n) is 2.66. The molecule has 0 spiro atoms. The van der Waals surface area contributed by atoms with Crippen molar-refractivity contribution >= 4 is 50.2 Å². The smallest absolute Gasteiger partial charge is 0.214 e. The molecule has 0 saturated heterocycles. The molecule has 1 aliphatic carbocycles. The summed E-state index contributed by atoms with van der Waals surface area (Å²) in [6.45, 7) is 0. The maximum absolute atomic E-state index is 12.8. The summed E-state index contributed by atoms with van der Waals surface area (Å²) >= 11 is 3.20. The quantitative estimate of drug-likeness (QED) is 0.530. The minimum atomic E-state index is -0.375. The van der Waals surface area contributed by atoms with Crippen LogP contribution in [0.3, 0.4) is 0 Å². The maximum Gasteiger partial charge on any atom is 0.214 e. The van der Waals surface area contributed by atoms with Crippen LogP contribution in [0.5, 0.6) is 5.75 Å². The number of carbonyl (C=O) groups is 1. The first-order valence-corrected chi connectivity index (χ1v) is 8.28. The van der Waals surface area contributed by atoms with E-state index >= 15 is 0 Å². The first kappa shape index (κ1) is 17.0. The predicted molar refractivity (Wildman–Crippen MR) is 105 cm³/mol. The zero-order valence-corrected chi connectivity index (χ0v) is 15.3. The number of ketones is 1. The van der Waals surface area contributed by atoms with Crippen LogP contribution in [0, 0.1) is 0 Å². The number of phenols is 1. The molecule has 128 valence electrons. The van der Waals surface area contributed by atoms with Crippen LogP contribution in [0.1, 0.15) is 15.9 Å². The topological polar surface area (TPSA) is 105 Å². The number of benzene rings is 2. The molecule has 25 heavy (non-hydrogen) atoms. The Morgan fingerprint density at radius 2 is 1.88 bits per heavy atom. The molecule has 0 aromatic heterocycles. The molecule has 0 fully saturated rings. The maximum atomic E-state index is 12.8. The Morgan fingerprint density at radius 3 is 2.56 bits per heavy atom. The Bertz CT molecular complexity index is 948. The standard InChI is InChI=1S/C18H17BrN4O2/c1-23(2)10-5-3-4-9(6-10)22-14-8-13(21)15-16(18(14)25)12(20)7-11(19)17(15)24/h3-8,24H,20-21H2,1-2H3. The van der Waals surface area contributed by atoms with E-state index in [1.165, 1.54) is 12.1 Å². The number of fused-ring (bicyclic) bond motifs is 1. The molecule has 3 rings (SSSR count). The lowest BCUT2D eigenvalue weighted by Crippen LogP contribution is -2.23. The number of anilines is 2. The van der Waals surface area contributed by atoms with Crippen LogP contribution in [0.25, 0.3) is 5.70 Å². The third-order valence-corrected chi connectivity index (χ3v) is 4.52. The van der Waals surface area contributed by atoms with Crippen LogP contribution in [-0.2, 0) is 0 Å². The van der Waals surface area contributed by atoms with E-state index in [0.29, 0.717) is 10.2 Å². The highest BCUT2D eigenvalue weighted by Crippen LogP contribution is 2.39. The van der Waals surface area contributed by atoms with E-state index in [9.17, 15) is 9.90 Å². The highest BCUT2D eigenvalue weighted by molar-refractivity contribution is 9.10. The van der Waals surface area contributed by atoms with Gasteiger partial charge in [0.25, 0.3) is 0 Å². The molecule has 0 unspecified atom stereocenters. The summed E-state index contributed by atoms with van der Waals surface area (Å²) in [6, 6.07) is 8.95. The van der Waals surface area contributed by atoms with Crippen LogP contribution >= 0.6 is 15.9 Å². The number of allylic oxidation sites excluding steroid dienone is 1. The lowest BCUT2D eigenvalue weighted by molar-refractivity contribution is 0.106. The number of aromatic hydroxyl groups is 1. The number of nitrogens with zero attached hydrogens (tertiary/aromatic N) is 2. The van der Waals surface area contributed by atoms with Crippen molar-refractivity contribution in [2.75, 3.05) is 24.7 Å². The molecule has 6 nitrogen and oxygen atoms in total. The minimum Gasteiger partial charge on any atom is -0.506 e. The highest BCUT2D eigenvalue weighted by Gasteiger charge is 2.29. The average molecular weight is 401 g/mol. The molecular formula is C18H17BrN4O2. The van der Waals surface area contributed by atoms with E-state index in [2.05, 4.69) is 20.9 Å². The molecule has 2 aromatic carbocycles. The van der Waals surface area contributed by atoms with Crippen molar-refractivity contribution in [3.63, 3.8) is 0 Å². The highest BCUT2D eigenvalue weighted by atomic mass is 79.9. The Labute approximate surface area is 153 Å². The van der Waals surface area contributed by atoms with Crippen molar-refractivity contribution in [1.29, 1.82) is 0 Å². The summed E-state index contributed by atoms with van der Waals surface area (Å²) in [6.07, 6.45) is 1.46. The normalized spacial score (nSPS) is 15.1. The summed E-state index contributed by atoms with van der Waals surface area (Å²) in [5, 5.41) is 10.2. The zero-order valence-electron chi connectivity index (χ0n) is 13.7. The van der Waals surface area contributed by atoms with E-state index in [1.54, 1.807) is 6.07 Å². The monoisotopic (exact) mass is 400 g/mol. The molecule has 0 aliphatic heterocycles. The van der Waals surface area contributed by atoms with E-state index in [1.807, 2.05) is 37.2 Å². The van der Waals surface area contributed by atoms with Crippen LogP contribution in [-0.4, -0.2) is 30.7 Å². The number of Topliss-reactive ketones (excluding diaryl/α,β-unsaturated/α-hetero) is 1. The third kappa shape index (κ3) is 2.98. The van der Waals surface area contributed by atoms with Gasteiger partial charge in [-0.25, -0.2) is 4.99 Å². The fraction of sp³-hybridized carbons (Fsp3) is 0.111. The zero-order chi connectivity index (χ0) is 18.3. The van der Waals surface area contributed by atoms with Gasteiger partial charge in [-0.05, 0) is 46.3 Å². The Balaban J connectivity index is 2.14. The van der Waals surface area contributed by atoms with Gasteiger partial charge in [0, 0.05) is 31.2 Å². The molecule has 1 aliphatic rings. The van der Waals surface area contributed by atoms with Crippen molar-refractivity contribution < 1.29 is 9.90 Å². The van der Waals surface area contributed by atoms with Gasteiger partial charge >= 0.3 is 0 Å². The van der Waals surface area contributed by atoms with Crippen LogP contribution in [0.2, 0.25) is 0 Å². The van der Waals surface area contributed by atoms with Gasteiger partial charge in [0.05, 0.1) is 21.3 Å². The van der Waals surface area contributed by atoms with E-state index in [-0.39, 0.29) is 39.8 Å². The van der Waals surface area contributed by atoms with Gasteiger partial charge in [0.2, 0.25) is 5.78 Å². The molecule has 2 aromatic rings. The van der Waals surface area contributed by atoms with Gasteiger partial charge in [-0.1, -0.05) is 6.07 Å². The molecule has 7 heteroatoms. The predicted octanol–water partition coefficient (Wildman–Crippen LogP) is 3.07. The van der Waals surface area contributed by atoms with Crippen molar-refractivity contribution in [3.05, 3.63) is 52.0 Å². The molecule has 0 atom stereocenters. The van der Waals surface area contributed by atoms with E-state index in [0.717, 1.165) is 5.69 Å². The minimum absolute atomic E-state index is 0.111. The van der Waals surface area contributed by atoms with Gasteiger partial charge in [-0.15, -0.1) is 0 Å². The SMILES string of the molecule is CN(C)c1cccc(N=C2C=C(N)c3c(O)c(Br)cc(N)c3C2=O)c1. The van der Waals surface area contributed by atoms with Crippen molar-refractivity contribution in [2.24, 2.45) is 10.7 Å². The molecule has 0 radical (unpaired) electrons. The Hall–Kier alpha value is -2.80. The number of nitrogen functional groups attached to an aromatic ring is 1. The molecule has 0 amide bonds. The molecule has 0 saturated carbocycles. The number of aliphatic imine (C=N–C) groups is 1. The molecule has 5 N–H and O–H groups in total. The summed E-state index contributed by atoms with van der Waals surface area (Å²) in [5.41, 5.74) is 14.7. The van der Waals surface area contributed by atoms with Gasteiger partial charge < -0.3 is 21.5 Å². The largest absolute Gasteiger partial charge is 0.506 e. The van der Waals surface area contributed by atoms with Gasteiger partial charge in [-0.3, -0.25) is 4.79 Å². The van der Waals surface area contributed by atoms with Crippen molar-refractivity contribution in [1.82, 2.24) is 0 Å². The number of hydrogen-bond donors (Lipinski definition) is 3. The summed E-state index contributed by atoms with van der Waals surface area (Å²) in [4.78, 5) is 19.2. The Morgan fingerprint density at radius 1 is 1.16 bits per heavy atom. The fourth-order valence-corrected chi connectivity index (χ4v) is 3.11. The van der Waals surface area contributed by atoms with Gasteiger partial charge in [-0.2, -0.15) is 0 Å². The number of hydrogen-bond acceptors (Lipinski definition) is 6. The van der Waals surface area contributed by atoms with Crippen molar-refractivity contribution in [3.8, 4) is 5.75 Å².